The molecule has 0 spiro atoms. The number of nitrogens with zero attached hydrogens (tertiary/aromatic N) is 1. The molecule has 0 N–H and O–H groups in total. The van der Waals surface area contributed by atoms with Crippen LogP contribution in [-0.4, -0.2) is 62.9 Å². The van der Waals surface area contributed by atoms with Crippen molar-refractivity contribution >= 4 is 18.0 Å². The molecule has 0 saturated carbocycles. The molecular weight excluding hydrogens is 338 g/mol. The number of rotatable bonds is 6. The summed E-state index contributed by atoms with van der Waals surface area (Å²) in [4.78, 5) is 25.7. The van der Waals surface area contributed by atoms with Crippen molar-refractivity contribution in [2.24, 2.45) is 0 Å². The maximum Gasteiger partial charge on any atom is 0.331 e. The molecule has 0 aromatic heterocycles. The van der Waals surface area contributed by atoms with Crippen molar-refractivity contribution in [1.29, 1.82) is 0 Å². The third kappa shape index (κ3) is 5.77. The average Bonchev–Trinajstić information content (AvgIpc) is 2.63. The number of benzene rings is 1. The molecular formula is C19H25NO6. The number of carbonyl (C=O) groups is 2. The summed E-state index contributed by atoms with van der Waals surface area (Å²) in [5.41, 5.74) is 0.723. The van der Waals surface area contributed by atoms with Crippen LogP contribution in [0.3, 0.4) is 0 Å². The highest BCUT2D eigenvalue weighted by Crippen LogP contribution is 2.23. The maximum atomic E-state index is 12.2. The Morgan fingerprint density at radius 2 is 1.69 bits per heavy atom. The molecule has 26 heavy (non-hydrogen) atoms. The first kappa shape index (κ1) is 19.8. The summed E-state index contributed by atoms with van der Waals surface area (Å²) in [7, 11) is 3.10. The van der Waals surface area contributed by atoms with Crippen LogP contribution >= 0.6 is 0 Å². The molecule has 1 aliphatic rings. The zero-order chi connectivity index (χ0) is 19.1. The van der Waals surface area contributed by atoms with Gasteiger partial charge >= 0.3 is 5.97 Å². The smallest absolute Gasteiger partial charge is 0.331 e. The first-order valence-electron chi connectivity index (χ1n) is 8.42. The fourth-order valence-corrected chi connectivity index (χ4v) is 2.74. The number of hydrogen-bond donors (Lipinski definition) is 0. The van der Waals surface area contributed by atoms with Crippen molar-refractivity contribution < 1.29 is 28.5 Å². The summed E-state index contributed by atoms with van der Waals surface area (Å²) in [6, 6.07) is 5.25. The lowest BCUT2D eigenvalue weighted by molar-refractivity contribution is -0.154. The molecule has 7 nitrogen and oxygen atoms in total. The average molecular weight is 363 g/mol. The van der Waals surface area contributed by atoms with Gasteiger partial charge in [-0.1, -0.05) is 0 Å². The van der Waals surface area contributed by atoms with Gasteiger partial charge in [-0.15, -0.1) is 0 Å². The van der Waals surface area contributed by atoms with Gasteiger partial charge in [-0.2, -0.15) is 0 Å². The fourth-order valence-electron chi connectivity index (χ4n) is 2.74. The van der Waals surface area contributed by atoms with Crippen molar-refractivity contribution in [1.82, 2.24) is 4.90 Å². The maximum absolute atomic E-state index is 12.2. The Bertz CT molecular complexity index is 640. The van der Waals surface area contributed by atoms with Crippen LogP contribution in [0.1, 0.15) is 19.4 Å². The molecule has 142 valence electrons. The molecule has 2 atom stereocenters. The van der Waals surface area contributed by atoms with Gasteiger partial charge in [-0.3, -0.25) is 4.79 Å². The third-order valence-corrected chi connectivity index (χ3v) is 3.90. The van der Waals surface area contributed by atoms with Crippen LogP contribution in [0.5, 0.6) is 11.5 Å². The molecule has 2 rings (SSSR count). The topological polar surface area (TPSA) is 74.3 Å². The molecule has 1 aliphatic heterocycles. The van der Waals surface area contributed by atoms with Crippen molar-refractivity contribution in [2.45, 2.75) is 26.1 Å². The summed E-state index contributed by atoms with van der Waals surface area (Å²) in [6.07, 6.45) is 2.80. The first-order chi connectivity index (χ1) is 12.4. The Balaban J connectivity index is 1.88. The quantitative estimate of drug-likeness (QED) is 0.568. The van der Waals surface area contributed by atoms with Gasteiger partial charge < -0.3 is 23.8 Å². The predicted octanol–water partition coefficient (Wildman–Crippen LogP) is 1.90. The molecule has 1 heterocycles. The zero-order valence-electron chi connectivity index (χ0n) is 15.6. The minimum Gasteiger partial charge on any atom is -0.497 e. The van der Waals surface area contributed by atoms with Crippen molar-refractivity contribution in [2.75, 3.05) is 33.9 Å². The summed E-state index contributed by atoms with van der Waals surface area (Å²) >= 11 is 0. The molecule has 7 heteroatoms. The molecule has 0 bridgehead atoms. The summed E-state index contributed by atoms with van der Waals surface area (Å²) in [5, 5.41) is 0. The number of methoxy groups -OCH3 is 2. The number of hydrogen-bond acceptors (Lipinski definition) is 6. The predicted molar refractivity (Wildman–Crippen MR) is 96.1 cm³/mol. The summed E-state index contributed by atoms with van der Waals surface area (Å²) < 4.78 is 21.0. The first-order valence-corrected chi connectivity index (χ1v) is 8.42. The minimum absolute atomic E-state index is 0.0265. The van der Waals surface area contributed by atoms with Gasteiger partial charge in [-0.25, -0.2) is 4.79 Å². The largest absolute Gasteiger partial charge is 0.497 e. The van der Waals surface area contributed by atoms with Crippen molar-refractivity contribution in [3.05, 3.63) is 29.8 Å². The number of amides is 1. The number of ether oxygens (including phenoxy) is 4. The third-order valence-electron chi connectivity index (χ3n) is 3.90. The molecule has 1 fully saturated rings. The number of morpholine rings is 1. The normalized spacial score (nSPS) is 20.1. The SMILES string of the molecule is COc1cc(/C=C/C(=O)OCC(=O)N2C[C@@H](C)O[C@@H](C)C2)cc(OC)c1. The van der Waals surface area contributed by atoms with Crippen molar-refractivity contribution in [3.8, 4) is 11.5 Å². The monoisotopic (exact) mass is 363 g/mol. The van der Waals surface area contributed by atoms with E-state index < -0.39 is 5.97 Å². The van der Waals surface area contributed by atoms with Gasteiger partial charge in [-0.05, 0) is 37.6 Å². The van der Waals surface area contributed by atoms with Gasteiger partial charge in [0.25, 0.3) is 5.91 Å². The van der Waals surface area contributed by atoms with Crippen LogP contribution in [0.25, 0.3) is 6.08 Å². The number of carbonyl (C=O) groups excluding carboxylic acids is 2. The minimum atomic E-state index is -0.588. The van der Waals surface area contributed by atoms with E-state index in [1.54, 1.807) is 43.4 Å². The molecule has 0 radical (unpaired) electrons. The van der Waals surface area contributed by atoms with Crippen LogP contribution in [0.2, 0.25) is 0 Å². The Labute approximate surface area is 153 Å². The van der Waals surface area contributed by atoms with E-state index in [1.165, 1.54) is 6.08 Å². The standard InChI is InChI=1S/C19H25NO6/c1-13-10-20(11-14(2)26-13)18(21)12-25-19(22)6-5-15-7-16(23-3)9-17(8-15)24-4/h5-9,13-14H,10-12H2,1-4H3/b6-5+/t13-,14+. The zero-order valence-corrected chi connectivity index (χ0v) is 15.6. The summed E-state index contributed by atoms with van der Waals surface area (Å²) in [6.45, 7) is 4.53. The lowest BCUT2D eigenvalue weighted by Crippen LogP contribution is -2.49. The van der Waals surface area contributed by atoms with E-state index in [0.717, 1.165) is 5.56 Å². The van der Waals surface area contributed by atoms with Gasteiger partial charge in [0.1, 0.15) is 11.5 Å². The van der Waals surface area contributed by atoms with Crippen LogP contribution in [0.4, 0.5) is 0 Å². The van der Waals surface area contributed by atoms with Crippen LogP contribution in [0.15, 0.2) is 24.3 Å². The Morgan fingerprint density at radius 3 is 2.23 bits per heavy atom. The molecule has 1 aromatic carbocycles. The fraction of sp³-hybridized carbons (Fsp3) is 0.474. The van der Waals surface area contributed by atoms with Crippen molar-refractivity contribution in [3.63, 3.8) is 0 Å². The number of esters is 1. The van der Waals surface area contributed by atoms with Crippen LogP contribution in [0, 0.1) is 0 Å². The second-order valence-corrected chi connectivity index (χ2v) is 6.14. The molecule has 1 amide bonds. The molecule has 0 unspecified atom stereocenters. The van der Waals surface area contributed by atoms with Gasteiger partial charge in [0.15, 0.2) is 6.61 Å². The Hall–Kier alpha value is -2.54. The second kappa shape index (κ2) is 9.24. The Morgan fingerprint density at radius 1 is 1.12 bits per heavy atom. The lowest BCUT2D eigenvalue weighted by atomic mass is 10.2. The van der Waals surface area contributed by atoms with Gasteiger partial charge in [0.2, 0.25) is 0 Å². The van der Waals surface area contributed by atoms with Crippen LogP contribution < -0.4 is 9.47 Å². The molecule has 0 aliphatic carbocycles. The highest BCUT2D eigenvalue weighted by Gasteiger charge is 2.26. The van der Waals surface area contributed by atoms with E-state index in [9.17, 15) is 9.59 Å². The highest BCUT2D eigenvalue weighted by molar-refractivity contribution is 5.89. The van der Waals surface area contributed by atoms with E-state index in [0.29, 0.717) is 24.6 Å². The summed E-state index contributed by atoms with van der Waals surface area (Å²) in [5.74, 6) is 0.414. The van der Waals surface area contributed by atoms with Gasteiger partial charge in [0, 0.05) is 25.2 Å². The van der Waals surface area contributed by atoms with Crippen LogP contribution in [-0.2, 0) is 19.1 Å². The van der Waals surface area contributed by atoms with Gasteiger partial charge in [0.05, 0.1) is 26.4 Å². The van der Waals surface area contributed by atoms with E-state index in [-0.39, 0.29) is 24.7 Å². The Kier molecular flexibility index (Phi) is 7.03. The molecule has 1 aromatic rings. The molecule has 1 saturated heterocycles. The van der Waals surface area contributed by atoms with E-state index in [4.69, 9.17) is 18.9 Å². The highest BCUT2D eigenvalue weighted by atomic mass is 16.5. The van der Waals surface area contributed by atoms with E-state index in [1.807, 2.05) is 13.8 Å². The van der Waals surface area contributed by atoms with E-state index in [2.05, 4.69) is 0 Å². The van der Waals surface area contributed by atoms with E-state index >= 15 is 0 Å². The lowest BCUT2D eigenvalue weighted by Gasteiger charge is -2.35. The second-order valence-electron chi connectivity index (χ2n) is 6.14.